The van der Waals surface area contributed by atoms with Crippen LogP contribution in [0, 0.1) is 29.1 Å². The Morgan fingerprint density at radius 1 is 1.07 bits per heavy atom. The second kappa shape index (κ2) is 13.3. The Balaban J connectivity index is 1.42. The summed E-state index contributed by atoms with van der Waals surface area (Å²) in [7, 11) is 0. The van der Waals surface area contributed by atoms with Gasteiger partial charge in [0, 0.05) is 24.4 Å². The van der Waals surface area contributed by atoms with Gasteiger partial charge >= 0.3 is 0 Å². The second-order valence-electron chi connectivity index (χ2n) is 13.2. The van der Waals surface area contributed by atoms with Crippen LogP contribution in [0.1, 0.15) is 103 Å². The Morgan fingerprint density at radius 3 is 2.35 bits per heavy atom. The van der Waals surface area contributed by atoms with Crippen LogP contribution < -0.4 is 0 Å². The van der Waals surface area contributed by atoms with E-state index in [2.05, 4.69) is 68.3 Å². The Kier molecular flexibility index (Phi) is 10.1. The number of hydrogen-bond acceptors (Lipinski definition) is 2. The van der Waals surface area contributed by atoms with Crippen LogP contribution in [0.25, 0.3) is 11.1 Å². The highest BCUT2D eigenvalue weighted by molar-refractivity contribution is 5.82. The number of ketones is 1. The molecule has 0 aromatic heterocycles. The summed E-state index contributed by atoms with van der Waals surface area (Å²) in [6.07, 6.45) is 17.4. The molecule has 3 unspecified atom stereocenters. The highest BCUT2D eigenvalue weighted by Crippen LogP contribution is 2.49. The lowest BCUT2D eigenvalue weighted by atomic mass is 9.76. The Labute approximate surface area is 243 Å². The second-order valence-corrected chi connectivity index (χ2v) is 13.2. The summed E-state index contributed by atoms with van der Waals surface area (Å²) in [4.78, 5) is 27.1. The van der Waals surface area contributed by atoms with Crippen LogP contribution in [0.4, 0.5) is 0 Å². The molecule has 3 fully saturated rings. The van der Waals surface area contributed by atoms with Gasteiger partial charge in [-0.2, -0.15) is 0 Å². The molecular weight excluding hydrogens is 490 g/mol. The predicted octanol–water partition coefficient (Wildman–Crippen LogP) is 9.07. The molecule has 4 rings (SSSR count). The van der Waals surface area contributed by atoms with Gasteiger partial charge in [0.2, 0.25) is 5.91 Å². The number of hydrogen-bond donors (Lipinski definition) is 0. The minimum Gasteiger partial charge on any atom is -0.342 e. The van der Waals surface area contributed by atoms with Crippen molar-refractivity contribution in [1.82, 2.24) is 4.90 Å². The average molecular weight is 542 g/mol. The molecule has 1 aromatic carbocycles. The molecule has 3 nitrogen and oxygen atoms in total. The number of carbonyl (C=O) groups is 2. The van der Waals surface area contributed by atoms with Gasteiger partial charge in [-0.25, -0.2) is 0 Å². The van der Waals surface area contributed by atoms with Crippen molar-refractivity contribution in [3.05, 3.63) is 72.4 Å². The highest BCUT2D eigenvalue weighted by atomic mass is 16.2. The van der Waals surface area contributed by atoms with Crippen LogP contribution in [0.15, 0.2) is 61.2 Å². The molecule has 1 aliphatic heterocycles. The minimum absolute atomic E-state index is 0.148. The van der Waals surface area contributed by atoms with Crippen molar-refractivity contribution in [2.75, 3.05) is 13.1 Å². The van der Waals surface area contributed by atoms with Crippen molar-refractivity contribution in [2.45, 2.75) is 91.9 Å². The molecule has 40 heavy (non-hydrogen) atoms. The van der Waals surface area contributed by atoms with Gasteiger partial charge in [0.25, 0.3) is 0 Å². The first kappa shape index (κ1) is 30.3. The molecule has 3 atom stereocenters. The van der Waals surface area contributed by atoms with E-state index in [1.165, 1.54) is 24.0 Å². The fourth-order valence-electron chi connectivity index (χ4n) is 6.51. The average Bonchev–Trinajstić information content (AvgIpc) is 3.88. The molecule has 0 bridgehead atoms. The number of Topliss-reactive ketones (excluding diaryl/α,β-unsaturated/α-hetero) is 1. The van der Waals surface area contributed by atoms with Crippen LogP contribution in [0.5, 0.6) is 0 Å². The third kappa shape index (κ3) is 7.74. The van der Waals surface area contributed by atoms with E-state index >= 15 is 0 Å². The maximum absolute atomic E-state index is 12.5. The smallest absolute Gasteiger partial charge is 0.225 e. The molecule has 216 valence electrons. The van der Waals surface area contributed by atoms with Crippen LogP contribution in [0.3, 0.4) is 0 Å². The van der Waals surface area contributed by atoms with Gasteiger partial charge in [0.15, 0.2) is 0 Å². The van der Waals surface area contributed by atoms with E-state index in [0.717, 1.165) is 81.2 Å². The van der Waals surface area contributed by atoms with E-state index < -0.39 is 0 Å². The van der Waals surface area contributed by atoms with Crippen LogP contribution in [-0.4, -0.2) is 29.7 Å². The van der Waals surface area contributed by atoms with E-state index in [-0.39, 0.29) is 5.41 Å². The topological polar surface area (TPSA) is 37.4 Å². The molecule has 1 saturated heterocycles. The lowest BCUT2D eigenvalue weighted by Crippen LogP contribution is -2.29. The van der Waals surface area contributed by atoms with Crippen molar-refractivity contribution in [2.24, 2.45) is 29.1 Å². The Morgan fingerprint density at radius 2 is 1.75 bits per heavy atom. The van der Waals surface area contributed by atoms with Crippen molar-refractivity contribution in [1.29, 1.82) is 0 Å². The summed E-state index contributed by atoms with van der Waals surface area (Å²) in [6.45, 7) is 18.4. The van der Waals surface area contributed by atoms with E-state index in [4.69, 9.17) is 0 Å². The number of unbranched alkanes of at least 4 members (excludes halogenated alkanes) is 1. The summed E-state index contributed by atoms with van der Waals surface area (Å²) >= 11 is 0. The van der Waals surface area contributed by atoms with Crippen LogP contribution >= 0.6 is 0 Å². The zero-order valence-corrected chi connectivity index (χ0v) is 25.5. The molecule has 0 spiro atoms. The third-order valence-corrected chi connectivity index (χ3v) is 9.92. The molecule has 0 N–H and O–H groups in total. The molecule has 2 saturated carbocycles. The standard InChI is InChI=1S/C37H51NO2/c1-7-26(2)24-28(4)31-13-15-32(16-14-31)35(10-8-9-22-37(6,29(5)39)34-19-20-34)27(3)11-12-30-21-23-38(25-30)36(40)33-17-18-33/h7,10,13-16,24,27,30,33-34H,1,4,8-9,11-12,17-23,25H2,2-3,5-6H3. The number of rotatable bonds is 15. The first-order valence-electron chi connectivity index (χ1n) is 15.7. The molecule has 0 radical (unpaired) electrons. The van der Waals surface area contributed by atoms with Crippen LogP contribution in [-0.2, 0) is 9.59 Å². The summed E-state index contributed by atoms with van der Waals surface area (Å²) in [5, 5.41) is 0. The lowest BCUT2D eigenvalue weighted by Gasteiger charge is -2.26. The first-order chi connectivity index (χ1) is 19.1. The summed E-state index contributed by atoms with van der Waals surface area (Å²) in [5.74, 6) is 2.73. The normalized spacial score (nSPS) is 22.1. The van der Waals surface area contributed by atoms with E-state index in [1.54, 1.807) is 6.92 Å². The number of carbonyl (C=O) groups excluding carboxylic acids is 2. The van der Waals surface area contributed by atoms with E-state index in [0.29, 0.717) is 35.4 Å². The van der Waals surface area contributed by atoms with Crippen molar-refractivity contribution >= 4 is 22.8 Å². The van der Waals surface area contributed by atoms with Crippen molar-refractivity contribution in [3.8, 4) is 0 Å². The minimum atomic E-state index is -0.148. The quantitative estimate of drug-likeness (QED) is 0.164. The molecule has 3 heteroatoms. The maximum atomic E-state index is 12.5. The van der Waals surface area contributed by atoms with Gasteiger partial charge in [-0.3, -0.25) is 9.59 Å². The number of allylic oxidation sites excluding steroid dienone is 6. The summed E-state index contributed by atoms with van der Waals surface area (Å²) in [6, 6.07) is 8.86. The molecule has 1 aromatic rings. The number of nitrogens with zero attached hydrogens (tertiary/aromatic N) is 1. The molecule has 3 aliphatic rings. The first-order valence-corrected chi connectivity index (χ1v) is 15.7. The fourth-order valence-corrected chi connectivity index (χ4v) is 6.51. The summed E-state index contributed by atoms with van der Waals surface area (Å²) < 4.78 is 0. The number of likely N-dealkylation sites (tertiary alicyclic amines) is 1. The predicted molar refractivity (Wildman–Crippen MR) is 169 cm³/mol. The lowest BCUT2D eigenvalue weighted by molar-refractivity contribution is -0.131. The van der Waals surface area contributed by atoms with E-state index in [9.17, 15) is 9.59 Å². The van der Waals surface area contributed by atoms with Gasteiger partial charge in [-0.05, 0) is 118 Å². The van der Waals surface area contributed by atoms with Gasteiger partial charge in [0.05, 0.1) is 0 Å². The van der Waals surface area contributed by atoms with Gasteiger partial charge in [-0.15, -0.1) is 0 Å². The fraction of sp³-hybridized carbons (Fsp3) is 0.568. The third-order valence-electron chi connectivity index (χ3n) is 9.92. The largest absolute Gasteiger partial charge is 0.342 e. The van der Waals surface area contributed by atoms with Gasteiger partial charge < -0.3 is 4.90 Å². The van der Waals surface area contributed by atoms with Crippen molar-refractivity contribution in [3.63, 3.8) is 0 Å². The van der Waals surface area contributed by atoms with Gasteiger partial charge in [-0.1, -0.05) is 75.1 Å². The zero-order valence-electron chi connectivity index (χ0n) is 25.5. The van der Waals surface area contributed by atoms with Gasteiger partial charge in [0.1, 0.15) is 5.78 Å². The monoisotopic (exact) mass is 541 g/mol. The Hall–Kier alpha value is -2.68. The molecule has 1 heterocycles. The number of benzene rings is 1. The SMILES string of the molecule is C=CC(C)=CC(=C)c1ccc(C(=CCCCC(C)(C(C)=O)C2CC2)C(C)CCC2CCN(C(=O)C3CC3)C2)cc1. The van der Waals surface area contributed by atoms with Crippen LogP contribution in [0.2, 0.25) is 0 Å². The van der Waals surface area contributed by atoms with Crippen molar-refractivity contribution < 1.29 is 9.59 Å². The van der Waals surface area contributed by atoms with E-state index in [1.807, 2.05) is 13.0 Å². The number of amides is 1. The highest BCUT2D eigenvalue weighted by Gasteiger charge is 2.44. The maximum Gasteiger partial charge on any atom is 0.225 e. The Bertz CT molecular complexity index is 1150. The molecule has 2 aliphatic carbocycles. The molecule has 1 amide bonds. The zero-order chi connectivity index (χ0) is 28.9. The summed E-state index contributed by atoms with van der Waals surface area (Å²) in [5.41, 5.74) is 5.78. The molecular formula is C37H51NO2.